The Morgan fingerprint density at radius 3 is 2.45 bits per heavy atom. The SMILES string of the molecule is O=C1C[C@@H](N2CCN(c3ccnc4cc(Cl)ccc34)CC2)C(=O)N1c1ccc(F)cc1. The van der Waals surface area contributed by atoms with Crippen molar-refractivity contribution < 1.29 is 14.0 Å². The number of amides is 2. The van der Waals surface area contributed by atoms with Gasteiger partial charge in [-0.3, -0.25) is 19.5 Å². The van der Waals surface area contributed by atoms with Crippen LogP contribution >= 0.6 is 11.6 Å². The molecule has 0 bridgehead atoms. The van der Waals surface area contributed by atoms with Crippen LogP contribution in [0.15, 0.2) is 54.7 Å². The highest BCUT2D eigenvalue weighted by Gasteiger charge is 2.43. The topological polar surface area (TPSA) is 56.8 Å². The Labute approximate surface area is 183 Å². The van der Waals surface area contributed by atoms with Crippen molar-refractivity contribution in [1.29, 1.82) is 0 Å². The van der Waals surface area contributed by atoms with Crippen LogP contribution in [0.3, 0.4) is 0 Å². The van der Waals surface area contributed by atoms with Crippen molar-refractivity contribution >= 4 is 45.7 Å². The van der Waals surface area contributed by atoms with Gasteiger partial charge >= 0.3 is 0 Å². The standard InChI is InChI=1S/C23H20ClFN4O2/c24-15-1-6-18-19(13-15)26-8-7-20(18)27-9-11-28(12-10-27)21-14-22(30)29(23(21)31)17-4-2-16(25)3-5-17/h1-8,13,21H,9-12,14H2/t21-/m1/s1. The summed E-state index contributed by atoms with van der Waals surface area (Å²) in [7, 11) is 0. The molecule has 2 saturated heterocycles. The van der Waals surface area contributed by atoms with Crippen molar-refractivity contribution in [2.45, 2.75) is 12.5 Å². The Morgan fingerprint density at radius 1 is 0.968 bits per heavy atom. The van der Waals surface area contributed by atoms with Gasteiger partial charge in [-0.15, -0.1) is 0 Å². The number of benzene rings is 2. The smallest absolute Gasteiger partial charge is 0.251 e. The highest BCUT2D eigenvalue weighted by molar-refractivity contribution is 6.31. The predicted molar refractivity (Wildman–Crippen MR) is 118 cm³/mol. The molecular weight excluding hydrogens is 419 g/mol. The zero-order valence-electron chi connectivity index (χ0n) is 16.7. The van der Waals surface area contributed by atoms with Gasteiger partial charge in [-0.2, -0.15) is 0 Å². The third kappa shape index (κ3) is 3.64. The summed E-state index contributed by atoms with van der Waals surface area (Å²) in [6.45, 7) is 2.79. The van der Waals surface area contributed by atoms with Gasteiger partial charge in [-0.25, -0.2) is 9.29 Å². The lowest BCUT2D eigenvalue weighted by atomic mass is 10.1. The minimum absolute atomic E-state index is 0.146. The molecule has 0 unspecified atom stereocenters. The number of pyridine rings is 1. The fourth-order valence-corrected chi connectivity index (χ4v) is 4.59. The number of nitrogens with zero attached hydrogens (tertiary/aromatic N) is 4. The largest absolute Gasteiger partial charge is 0.368 e. The summed E-state index contributed by atoms with van der Waals surface area (Å²) in [4.78, 5) is 35.5. The molecule has 0 saturated carbocycles. The molecule has 1 atom stereocenters. The van der Waals surface area contributed by atoms with E-state index in [4.69, 9.17) is 11.6 Å². The first-order valence-electron chi connectivity index (χ1n) is 10.2. The summed E-state index contributed by atoms with van der Waals surface area (Å²) in [5.74, 6) is -0.892. The summed E-state index contributed by atoms with van der Waals surface area (Å²) in [5.41, 5.74) is 2.35. The number of carbonyl (C=O) groups excluding carboxylic acids is 2. The summed E-state index contributed by atoms with van der Waals surface area (Å²) >= 11 is 6.10. The van der Waals surface area contributed by atoms with Crippen LogP contribution in [0.1, 0.15) is 6.42 Å². The zero-order chi connectivity index (χ0) is 21.5. The zero-order valence-corrected chi connectivity index (χ0v) is 17.4. The number of hydrogen-bond donors (Lipinski definition) is 0. The molecule has 6 nitrogen and oxygen atoms in total. The number of carbonyl (C=O) groups is 2. The van der Waals surface area contributed by atoms with Crippen LogP contribution in [0.25, 0.3) is 10.9 Å². The van der Waals surface area contributed by atoms with Gasteiger partial charge in [0, 0.05) is 48.5 Å². The lowest BCUT2D eigenvalue weighted by Crippen LogP contribution is -2.52. The van der Waals surface area contributed by atoms with E-state index in [0.29, 0.717) is 23.8 Å². The molecule has 0 radical (unpaired) electrons. The van der Waals surface area contributed by atoms with Crippen molar-refractivity contribution in [2.75, 3.05) is 36.0 Å². The number of piperazine rings is 1. The molecular formula is C23H20ClFN4O2. The van der Waals surface area contributed by atoms with Gasteiger partial charge in [0.25, 0.3) is 5.91 Å². The maximum atomic E-state index is 13.2. The van der Waals surface area contributed by atoms with Crippen molar-refractivity contribution in [3.63, 3.8) is 0 Å². The van der Waals surface area contributed by atoms with Gasteiger partial charge in [0.15, 0.2) is 0 Å². The number of halogens is 2. The van der Waals surface area contributed by atoms with Crippen LogP contribution in [0.5, 0.6) is 0 Å². The van der Waals surface area contributed by atoms with Crippen molar-refractivity contribution in [3.8, 4) is 0 Å². The molecule has 2 fully saturated rings. The third-order valence-electron chi connectivity index (χ3n) is 5.99. The van der Waals surface area contributed by atoms with Crippen molar-refractivity contribution in [1.82, 2.24) is 9.88 Å². The van der Waals surface area contributed by atoms with E-state index >= 15 is 0 Å². The Bertz CT molecular complexity index is 1160. The average Bonchev–Trinajstić information content (AvgIpc) is 3.08. The molecule has 31 heavy (non-hydrogen) atoms. The second-order valence-electron chi connectivity index (χ2n) is 7.78. The highest BCUT2D eigenvalue weighted by Crippen LogP contribution is 2.30. The van der Waals surface area contributed by atoms with Gasteiger partial charge < -0.3 is 4.90 Å². The Kier molecular flexibility index (Phi) is 5.08. The number of aromatic nitrogens is 1. The van der Waals surface area contributed by atoms with Gasteiger partial charge in [0.1, 0.15) is 5.82 Å². The molecule has 0 N–H and O–H groups in total. The van der Waals surface area contributed by atoms with Crippen molar-refractivity contribution in [2.24, 2.45) is 0 Å². The Morgan fingerprint density at radius 2 is 1.71 bits per heavy atom. The molecule has 5 rings (SSSR count). The van der Waals surface area contributed by atoms with Crippen LogP contribution < -0.4 is 9.80 Å². The number of rotatable bonds is 3. The molecule has 3 heterocycles. The van der Waals surface area contributed by atoms with E-state index < -0.39 is 11.9 Å². The molecule has 2 amide bonds. The summed E-state index contributed by atoms with van der Waals surface area (Å²) in [6, 6.07) is 12.6. The van der Waals surface area contributed by atoms with Gasteiger partial charge in [-0.1, -0.05) is 11.6 Å². The monoisotopic (exact) mass is 438 g/mol. The maximum absolute atomic E-state index is 13.2. The maximum Gasteiger partial charge on any atom is 0.251 e. The number of hydrogen-bond acceptors (Lipinski definition) is 5. The van der Waals surface area contributed by atoms with E-state index in [9.17, 15) is 14.0 Å². The van der Waals surface area contributed by atoms with E-state index in [1.807, 2.05) is 24.3 Å². The Hall–Kier alpha value is -3.03. The third-order valence-corrected chi connectivity index (χ3v) is 6.22. The van der Waals surface area contributed by atoms with Crippen molar-refractivity contribution in [3.05, 3.63) is 65.6 Å². The second kappa shape index (κ2) is 7.90. The van der Waals surface area contributed by atoms with Crippen LogP contribution in [-0.4, -0.2) is 53.9 Å². The van der Waals surface area contributed by atoms with E-state index in [-0.39, 0.29) is 18.2 Å². The van der Waals surface area contributed by atoms with Gasteiger partial charge in [-0.05, 0) is 48.5 Å². The first kappa shape index (κ1) is 19.9. The number of anilines is 2. The summed E-state index contributed by atoms with van der Waals surface area (Å²) in [5, 5.41) is 1.69. The van der Waals surface area contributed by atoms with Crippen LogP contribution in [0.4, 0.5) is 15.8 Å². The Balaban J connectivity index is 1.30. The van der Waals surface area contributed by atoms with E-state index in [2.05, 4.69) is 14.8 Å². The molecule has 158 valence electrons. The normalized spacial score (nSPS) is 20.1. The first-order chi connectivity index (χ1) is 15.0. The molecule has 2 aliphatic rings. The molecule has 2 aliphatic heterocycles. The highest BCUT2D eigenvalue weighted by atomic mass is 35.5. The minimum atomic E-state index is -0.479. The average molecular weight is 439 g/mol. The van der Waals surface area contributed by atoms with E-state index in [1.165, 1.54) is 29.2 Å². The second-order valence-corrected chi connectivity index (χ2v) is 8.21. The molecule has 1 aromatic heterocycles. The van der Waals surface area contributed by atoms with E-state index in [1.54, 1.807) is 6.20 Å². The summed E-state index contributed by atoms with van der Waals surface area (Å²) in [6.07, 6.45) is 1.92. The van der Waals surface area contributed by atoms with Crippen LogP contribution in [-0.2, 0) is 9.59 Å². The molecule has 0 spiro atoms. The fraction of sp³-hybridized carbons (Fsp3) is 0.261. The predicted octanol–water partition coefficient (Wildman–Crippen LogP) is 3.48. The lowest BCUT2D eigenvalue weighted by molar-refractivity contribution is -0.123. The number of imide groups is 1. The van der Waals surface area contributed by atoms with Gasteiger partial charge in [0.05, 0.1) is 23.7 Å². The minimum Gasteiger partial charge on any atom is -0.368 e. The quantitative estimate of drug-likeness (QED) is 0.586. The van der Waals surface area contributed by atoms with Crippen LogP contribution in [0.2, 0.25) is 5.02 Å². The molecule has 2 aromatic carbocycles. The summed E-state index contributed by atoms with van der Waals surface area (Å²) < 4.78 is 13.2. The van der Waals surface area contributed by atoms with E-state index in [0.717, 1.165) is 29.7 Å². The van der Waals surface area contributed by atoms with Gasteiger partial charge in [0.2, 0.25) is 5.91 Å². The fourth-order valence-electron chi connectivity index (χ4n) is 4.42. The molecule has 0 aliphatic carbocycles. The first-order valence-corrected chi connectivity index (χ1v) is 10.5. The number of fused-ring (bicyclic) bond motifs is 1. The van der Waals surface area contributed by atoms with Crippen LogP contribution in [0, 0.1) is 5.82 Å². The molecule has 3 aromatic rings. The molecule has 8 heteroatoms. The lowest BCUT2D eigenvalue weighted by Gasteiger charge is -2.38.